The van der Waals surface area contributed by atoms with Gasteiger partial charge in [0.1, 0.15) is 11.5 Å². The van der Waals surface area contributed by atoms with Gasteiger partial charge in [0.25, 0.3) is 5.56 Å². The number of ether oxygens (including phenoxy) is 2. The summed E-state index contributed by atoms with van der Waals surface area (Å²) in [5, 5.41) is 11.5. The number of urea groups is 1. The molecule has 2 aromatic heterocycles. The monoisotopic (exact) mass is 663 g/mol. The van der Waals surface area contributed by atoms with E-state index in [1.807, 2.05) is 90.4 Å². The van der Waals surface area contributed by atoms with Crippen molar-refractivity contribution in [2.45, 2.75) is 45.2 Å². The summed E-state index contributed by atoms with van der Waals surface area (Å²) in [5.41, 5.74) is 1.79. The number of unbranched alkanes of at least 4 members (excludes halogenated alkanes) is 1. The number of hydrogen-bond donors (Lipinski definition) is 2. The van der Waals surface area contributed by atoms with Crippen LogP contribution in [0, 0.1) is 0 Å². The van der Waals surface area contributed by atoms with Gasteiger partial charge in [0.05, 0.1) is 13.2 Å². The molecule has 0 bridgehead atoms. The molecule has 1 fully saturated rings. The molecule has 3 aromatic carbocycles. The lowest BCUT2D eigenvalue weighted by molar-refractivity contribution is -0.122. The number of benzene rings is 3. The number of nitrogens with one attached hydrogen (secondary N) is 2. The highest BCUT2D eigenvalue weighted by Crippen LogP contribution is 2.30. The van der Waals surface area contributed by atoms with Crippen LogP contribution in [0.3, 0.4) is 0 Å². The highest BCUT2D eigenvalue weighted by Gasteiger charge is 2.28. The van der Waals surface area contributed by atoms with Crippen LogP contribution >= 0.6 is 0 Å². The van der Waals surface area contributed by atoms with Crippen molar-refractivity contribution in [3.63, 3.8) is 0 Å². The molecule has 49 heavy (non-hydrogen) atoms. The average molecular weight is 664 g/mol. The zero-order valence-corrected chi connectivity index (χ0v) is 27.1. The number of imide groups is 1. The first-order valence-corrected chi connectivity index (χ1v) is 16.2. The molecule has 3 amide bonds. The van der Waals surface area contributed by atoms with Gasteiger partial charge < -0.3 is 18.9 Å². The van der Waals surface area contributed by atoms with E-state index in [0.717, 1.165) is 35.4 Å². The SMILES string of the molecule is CC1CC(=O)NC(=O)N1CCCCOc1ccc(-c2nnc(-c3ccc(OCCCn4ccc(=O)[nH]c4=O)cc3)n2-c2ccccc2)cc1. The normalized spacial score (nSPS) is 14.5. The van der Waals surface area contributed by atoms with Crippen molar-refractivity contribution in [2.75, 3.05) is 19.8 Å². The molecule has 13 nitrogen and oxygen atoms in total. The quantitative estimate of drug-likeness (QED) is 0.166. The van der Waals surface area contributed by atoms with Gasteiger partial charge in [-0.1, -0.05) is 18.2 Å². The summed E-state index contributed by atoms with van der Waals surface area (Å²) in [6.45, 7) is 3.78. The molecule has 1 unspecified atom stereocenters. The van der Waals surface area contributed by atoms with E-state index < -0.39 is 11.2 Å². The number of carbonyl (C=O) groups is 2. The molecule has 1 saturated heterocycles. The van der Waals surface area contributed by atoms with Gasteiger partial charge >= 0.3 is 11.7 Å². The Labute approximate surface area is 282 Å². The number of carbonyl (C=O) groups excluding carboxylic acids is 2. The fourth-order valence-electron chi connectivity index (χ4n) is 5.64. The number of H-pyrrole nitrogens is 1. The van der Waals surface area contributed by atoms with Crippen molar-refractivity contribution in [2.24, 2.45) is 0 Å². The summed E-state index contributed by atoms with van der Waals surface area (Å²) in [6.07, 6.45) is 3.92. The first-order valence-electron chi connectivity index (χ1n) is 16.2. The molecule has 2 N–H and O–H groups in total. The first-order chi connectivity index (χ1) is 23.9. The second-order valence-corrected chi connectivity index (χ2v) is 11.7. The molecule has 0 saturated carbocycles. The number of aryl methyl sites for hydroxylation is 1. The minimum atomic E-state index is -0.438. The first kappa shape index (κ1) is 32.9. The Balaban J connectivity index is 1.08. The van der Waals surface area contributed by atoms with Crippen LogP contribution in [-0.4, -0.2) is 67.0 Å². The molecular formula is C36H37N7O6. The lowest BCUT2D eigenvalue weighted by Gasteiger charge is -2.32. The minimum absolute atomic E-state index is 0.103. The van der Waals surface area contributed by atoms with Crippen LogP contribution in [0.15, 0.2) is 101 Å². The maximum atomic E-state index is 12.1. The summed E-state index contributed by atoms with van der Waals surface area (Å²) in [6, 6.07) is 26.1. The van der Waals surface area contributed by atoms with Crippen LogP contribution < -0.4 is 26.0 Å². The molecule has 1 aliphatic rings. The molecule has 252 valence electrons. The Morgan fingerprint density at radius 2 is 1.35 bits per heavy atom. The second-order valence-electron chi connectivity index (χ2n) is 11.7. The van der Waals surface area contributed by atoms with E-state index in [1.165, 1.54) is 16.8 Å². The number of aromatic amines is 1. The third kappa shape index (κ3) is 8.12. The van der Waals surface area contributed by atoms with E-state index >= 15 is 0 Å². The summed E-state index contributed by atoms with van der Waals surface area (Å²) in [5.74, 6) is 2.53. The summed E-state index contributed by atoms with van der Waals surface area (Å²) in [4.78, 5) is 50.7. The standard InChI is InChI=1S/C36H37N7O6/c1-25-24-32(45)38-36(47)42(25)20-5-6-22-48-29-14-10-26(11-15-29)33-39-40-34(43(33)28-8-3-2-4-9-28)27-12-16-30(17-13-27)49-23-7-19-41-21-18-31(44)37-35(41)46/h2-4,8-18,21,25H,5-7,19-20,22-24H2,1H3,(H,37,44,46)(H,38,45,47). The van der Waals surface area contributed by atoms with Gasteiger partial charge in [-0.25, -0.2) is 9.59 Å². The van der Waals surface area contributed by atoms with Gasteiger partial charge in [0, 0.05) is 54.6 Å². The number of nitrogens with zero attached hydrogens (tertiary/aromatic N) is 5. The van der Waals surface area contributed by atoms with Gasteiger partial charge in [-0.3, -0.25) is 24.5 Å². The molecule has 13 heteroatoms. The predicted molar refractivity (Wildman–Crippen MR) is 183 cm³/mol. The number of rotatable bonds is 14. The van der Waals surface area contributed by atoms with Gasteiger partial charge in [-0.15, -0.1) is 10.2 Å². The van der Waals surface area contributed by atoms with Crippen LogP contribution in [0.1, 0.15) is 32.6 Å². The number of amides is 3. The number of para-hydroxylation sites is 1. The third-order valence-electron chi connectivity index (χ3n) is 8.19. The lowest BCUT2D eigenvalue weighted by atomic mass is 10.1. The largest absolute Gasteiger partial charge is 0.494 e. The fourth-order valence-corrected chi connectivity index (χ4v) is 5.64. The van der Waals surface area contributed by atoms with Gasteiger partial charge in [-0.05, 0) is 86.8 Å². The van der Waals surface area contributed by atoms with E-state index in [0.29, 0.717) is 56.5 Å². The Hall–Kier alpha value is -5.98. The Morgan fingerprint density at radius 3 is 1.94 bits per heavy atom. The van der Waals surface area contributed by atoms with Crippen molar-refractivity contribution in [3.05, 3.63) is 112 Å². The zero-order chi connectivity index (χ0) is 34.2. The summed E-state index contributed by atoms with van der Waals surface area (Å²) in [7, 11) is 0. The molecule has 1 aliphatic heterocycles. The zero-order valence-electron chi connectivity index (χ0n) is 27.1. The van der Waals surface area contributed by atoms with E-state index in [9.17, 15) is 19.2 Å². The lowest BCUT2D eigenvalue weighted by Crippen LogP contribution is -2.54. The van der Waals surface area contributed by atoms with Gasteiger partial charge in [0.2, 0.25) is 5.91 Å². The van der Waals surface area contributed by atoms with E-state index in [2.05, 4.69) is 20.5 Å². The summed E-state index contributed by atoms with van der Waals surface area (Å²) >= 11 is 0. The van der Waals surface area contributed by atoms with E-state index in [1.54, 1.807) is 4.90 Å². The Bertz CT molecular complexity index is 2000. The third-order valence-corrected chi connectivity index (χ3v) is 8.19. The Morgan fingerprint density at radius 1 is 0.735 bits per heavy atom. The smallest absolute Gasteiger partial charge is 0.328 e. The van der Waals surface area contributed by atoms with Crippen molar-refractivity contribution in [1.82, 2.24) is 34.5 Å². The van der Waals surface area contributed by atoms with Crippen molar-refractivity contribution >= 4 is 11.9 Å². The highest BCUT2D eigenvalue weighted by atomic mass is 16.5. The van der Waals surface area contributed by atoms with Crippen LogP contribution in [-0.2, 0) is 11.3 Å². The number of hydrogen-bond acceptors (Lipinski definition) is 8. The topological polar surface area (TPSA) is 153 Å². The summed E-state index contributed by atoms with van der Waals surface area (Å²) < 4.78 is 15.3. The Kier molecular flexibility index (Phi) is 10.3. The second kappa shape index (κ2) is 15.3. The molecule has 0 spiro atoms. The predicted octanol–water partition coefficient (Wildman–Crippen LogP) is 4.41. The van der Waals surface area contributed by atoms with Gasteiger partial charge in [0.15, 0.2) is 11.6 Å². The van der Waals surface area contributed by atoms with Crippen LogP contribution in [0.2, 0.25) is 0 Å². The van der Waals surface area contributed by atoms with E-state index in [-0.39, 0.29) is 18.0 Å². The fraction of sp³-hybridized carbons (Fsp3) is 0.278. The maximum Gasteiger partial charge on any atom is 0.328 e. The molecule has 0 radical (unpaired) electrons. The van der Waals surface area contributed by atoms with Crippen LogP contribution in [0.4, 0.5) is 4.79 Å². The maximum absolute atomic E-state index is 12.1. The highest BCUT2D eigenvalue weighted by molar-refractivity contribution is 5.97. The molecular weight excluding hydrogens is 626 g/mol. The van der Waals surface area contributed by atoms with Crippen molar-refractivity contribution in [1.29, 1.82) is 0 Å². The van der Waals surface area contributed by atoms with Crippen molar-refractivity contribution < 1.29 is 19.1 Å². The molecule has 3 heterocycles. The van der Waals surface area contributed by atoms with E-state index in [4.69, 9.17) is 9.47 Å². The molecule has 0 aliphatic carbocycles. The average Bonchev–Trinajstić information content (AvgIpc) is 3.54. The van der Waals surface area contributed by atoms with Gasteiger partial charge in [-0.2, -0.15) is 0 Å². The van der Waals surface area contributed by atoms with Crippen LogP contribution in [0.25, 0.3) is 28.5 Å². The number of aromatic nitrogens is 5. The van der Waals surface area contributed by atoms with Crippen LogP contribution in [0.5, 0.6) is 11.5 Å². The molecule has 1 atom stereocenters. The molecule has 5 aromatic rings. The van der Waals surface area contributed by atoms with Crippen molar-refractivity contribution in [3.8, 4) is 40.0 Å². The minimum Gasteiger partial charge on any atom is -0.494 e. The molecule has 6 rings (SSSR count).